The molecule has 0 heterocycles. The molecule has 21 heavy (non-hydrogen) atoms. The van der Waals surface area contributed by atoms with E-state index in [1.54, 1.807) is 0 Å². The largest absolute Gasteiger partial charge is 0.481 e. The third kappa shape index (κ3) is 7.93. The van der Waals surface area contributed by atoms with Crippen LogP contribution < -0.4 is 10.6 Å². The van der Waals surface area contributed by atoms with Crippen LogP contribution >= 0.6 is 0 Å². The quantitative estimate of drug-likeness (QED) is 0.729. The molecular formula is C16H30N2O3. The van der Waals surface area contributed by atoms with Crippen molar-refractivity contribution in [2.45, 2.75) is 78.3 Å². The molecular weight excluding hydrogens is 268 g/mol. The third-order valence-corrected chi connectivity index (χ3v) is 3.97. The zero-order valence-corrected chi connectivity index (χ0v) is 13.7. The molecule has 3 N–H and O–H groups in total. The van der Waals surface area contributed by atoms with Crippen molar-refractivity contribution in [1.82, 2.24) is 10.6 Å². The first kappa shape index (κ1) is 17.8. The number of carboxylic acid groups (broad SMARTS) is 1. The van der Waals surface area contributed by atoms with Gasteiger partial charge in [-0.15, -0.1) is 0 Å². The average Bonchev–Trinajstić information content (AvgIpc) is 2.28. The Kier molecular flexibility index (Phi) is 6.49. The van der Waals surface area contributed by atoms with Crippen molar-refractivity contribution >= 4 is 12.0 Å². The van der Waals surface area contributed by atoms with Crippen molar-refractivity contribution < 1.29 is 14.7 Å². The molecule has 1 aliphatic carbocycles. The maximum absolute atomic E-state index is 12.1. The Morgan fingerprint density at radius 2 is 1.76 bits per heavy atom. The Hall–Kier alpha value is -1.26. The second-order valence-corrected chi connectivity index (χ2v) is 7.63. The van der Waals surface area contributed by atoms with Crippen molar-refractivity contribution in [2.75, 3.05) is 0 Å². The Bertz CT molecular complexity index is 355. The maximum Gasteiger partial charge on any atom is 0.315 e. The van der Waals surface area contributed by atoms with Gasteiger partial charge in [-0.2, -0.15) is 0 Å². The van der Waals surface area contributed by atoms with Crippen LogP contribution in [0.3, 0.4) is 0 Å². The number of carboxylic acids is 1. The molecule has 1 atom stereocenters. The van der Waals surface area contributed by atoms with Crippen molar-refractivity contribution in [3.05, 3.63) is 0 Å². The highest BCUT2D eigenvalue weighted by atomic mass is 16.4. The molecule has 122 valence electrons. The molecule has 1 aliphatic rings. The highest BCUT2D eigenvalue weighted by Gasteiger charge is 2.24. The number of hydrogen-bond donors (Lipinski definition) is 3. The Morgan fingerprint density at radius 3 is 2.24 bits per heavy atom. The van der Waals surface area contributed by atoms with E-state index in [1.807, 2.05) is 20.8 Å². The van der Waals surface area contributed by atoms with Crippen molar-refractivity contribution in [2.24, 2.45) is 11.3 Å². The predicted octanol–water partition coefficient (Wildman–Crippen LogP) is 3.14. The van der Waals surface area contributed by atoms with E-state index in [0.717, 1.165) is 31.6 Å². The molecule has 5 nitrogen and oxygen atoms in total. The fourth-order valence-electron chi connectivity index (χ4n) is 2.94. The highest BCUT2D eigenvalue weighted by Crippen LogP contribution is 2.24. The standard InChI is InChI=1S/C16H30N2O3/c1-11-5-7-12(8-6-11)17-15(21)18-13(9-14(19)20)10-16(2,3)4/h11-13H,5-10H2,1-4H3,(H,19,20)(H2,17,18,21). The van der Waals surface area contributed by atoms with Crippen LogP contribution in [0, 0.1) is 11.3 Å². The molecule has 0 spiro atoms. The van der Waals surface area contributed by atoms with Gasteiger partial charge in [-0.05, 0) is 43.4 Å². The van der Waals surface area contributed by atoms with E-state index in [0.29, 0.717) is 6.42 Å². The molecule has 0 aromatic carbocycles. The summed E-state index contributed by atoms with van der Waals surface area (Å²) in [4.78, 5) is 23.0. The molecule has 0 radical (unpaired) electrons. The number of hydrogen-bond acceptors (Lipinski definition) is 2. The van der Waals surface area contributed by atoms with Gasteiger partial charge in [-0.1, -0.05) is 27.7 Å². The van der Waals surface area contributed by atoms with Crippen LogP contribution in [0.5, 0.6) is 0 Å². The third-order valence-electron chi connectivity index (χ3n) is 3.97. The highest BCUT2D eigenvalue weighted by molar-refractivity contribution is 5.76. The maximum atomic E-state index is 12.1. The van der Waals surface area contributed by atoms with Crippen LogP contribution in [0.25, 0.3) is 0 Å². The Balaban J connectivity index is 2.45. The van der Waals surface area contributed by atoms with Gasteiger partial charge in [-0.3, -0.25) is 4.79 Å². The summed E-state index contributed by atoms with van der Waals surface area (Å²) in [7, 11) is 0. The minimum Gasteiger partial charge on any atom is -0.481 e. The number of rotatable bonds is 5. The fourth-order valence-corrected chi connectivity index (χ4v) is 2.94. The van der Waals surface area contributed by atoms with Crippen LogP contribution in [0.15, 0.2) is 0 Å². The number of carbonyl (C=O) groups excluding carboxylic acids is 1. The molecule has 0 bridgehead atoms. The van der Waals surface area contributed by atoms with E-state index >= 15 is 0 Å². The van der Waals surface area contributed by atoms with Gasteiger partial charge in [0.15, 0.2) is 0 Å². The molecule has 2 amide bonds. The van der Waals surface area contributed by atoms with Crippen molar-refractivity contribution in [3.63, 3.8) is 0 Å². The fraction of sp³-hybridized carbons (Fsp3) is 0.875. The number of carbonyl (C=O) groups is 2. The monoisotopic (exact) mass is 298 g/mol. The SMILES string of the molecule is CC1CCC(NC(=O)NC(CC(=O)O)CC(C)(C)C)CC1. The molecule has 1 rings (SSSR count). The van der Waals surface area contributed by atoms with E-state index in [1.165, 1.54) is 0 Å². The average molecular weight is 298 g/mol. The van der Waals surface area contributed by atoms with E-state index < -0.39 is 5.97 Å². The van der Waals surface area contributed by atoms with Gasteiger partial charge in [0, 0.05) is 12.1 Å². The van der Waals surface area contributed by atoms with Crippen molar-refractivity contribution in [1.29, 1.82) is 0 Å². The van der Waals surface area contributed by atoms with E-state index in [2.05, 4.69) is 17.6 Å². The minimum absolute atomic E-state index is 0.0202. The molecule has 1 unspecified atom stereocenters. The summed E-state index contributed by atoms with van der Waals surface area (Å²) in [6.07, 6.45) is 4.92. The second-order valence-electron chi connectivity index (χ2n) is 7.63. The predicted molar refractivity (Wildman–Crippen MR) is 83.2 cm³/mol. The summed E-state index contributed by atoms with van der Waals surface area (Å²) in [6.45, 7) is 8.38. The molecule has 0 aromatic rings. The summed E-state index contributed by atoms with van der Waals surface area (Å²) in [5, 5.41) is 14.8. The zero-order valence-electron chi connectivity index (χ0n) is 13.7. The molecule has 0 saturated heterocycles. The van der Waals surface area contributed by atoms with Crippen LogP contribution in [0.2, 0.25) is 0 Å². The molecule has 1 fully saturated rings. The molecule has 1 saturated carbocycles. The first-order valence-corrected chi connectivity index (χ1v) is 7.94. The topological polar surface area (TPSA) is 78.4 Å². The van der Waals surface area contributed by atoms with E-state index in [4.69, 9.17) is 5.11 Å². The summed E-state index contributed by atoms with van der Waals surface area (Å²) in [5.41, 5.74) is -0.0202. The van der Waals surface area contributed by atoms with Gasteiger partial charge in [0.05, 0.1) is 6.42 Å². The minimum atomic E-state index is -0.879. The summed E-state index contributed by atoms with van der Waals surface area (Å²) in [5.74, 6) is -0.136. The second kappa shape index (κ2) is 7.66. The van der Waals surface area contributed by atoms with Gasteiger partial charge < -0.3 is 15.7 Å². The summed E-state index contributed by atoms with van der Waals surface area (Å²) in [6, 6.07) is -0.337. The smallest absolute Gasteiger partial charge is 0.315 e. The van der Waals surface area contributed by atoms with Gasteiger partial charge >= 0.3 is 12.0 Å². The van der Waals surface area contributed by atoms with Gasteiger partial charge in [0.25, 0.3) is 0 Å². The van der Waals surface area contributed by atoms with Gasteiger partial charge in [0.1, 0.15) is 0 Å². The number of nitrogens with one attached hydrogen (secondary N) is 2. The summed E-state index contributed by atoms with van der Waals surface area (Å²) < 4.78 is 0. The molecule has 0 aromatic heterocycles. The lowest BCUT2D eigenvalue weighted by molar-refractivity contribution is -0.137. The van der Waals surface area contributed by atoms with Crippen molar-refractivity contribution in [3.8, 4) is 0 Å². The molecule has 0 aliphatic heterocycles. The first-order valence-electron chi connectivity index (χ1n) is 7.94. The van der Waals surface area contributed by atoms with Crippen LogP contribution in [0.4, 0.5) is 4.79 Å². The van der Waals surface area contributed by atoms with E-state index in [-0.39, 0.29) is 30.0 Å². The van der Waals surface area contributed by atoms with Gasteiger partial charge in [0.2, 0.25) is 0 Å². The van der Waals surface area contributed by atoms with E-state index in [9.17, 15) is 9.59 Å². The zero-order chi connectivity index (χ0) is 16.0. The summed E-state index contributed by atoms with van der Waals surface area (Å²) >= 11 is 0. The van der Waals surface area contributed by atoms with Crippen LogP contribution in [-0.4, -0.2) is 29.2 Å². The van der Waals surface area contributed by atoms with Crippen LogP contribution in [-0.2, 0) is 4.79 Å². The van der Waals surface area contributed by atoms with Gasteiger partial charge in [-0.25, -0.2) is 4.79 Å². The number of aliphatic carboxylic acids is 1. The number of urea groups is 1. The first-order chi connectivity index (χ1) is 9.65. The lowest BCUT2D eigenvalue weighted by Crippen LogP contribution is -2.48. The Labute approximate surface area is 127 Å². The molecule has 5 heteroatoms. The van der Waals surface area contributed by atoms with Crippen LogP contribution in [0.1, 0.15) is 66.2 Å². The lowest BCUT2D eigenvalue weighted by Gasteiger charge is -2.29. The normalized spacial score (nSPS) is 24.2. The Morgan fingerprint density at radius 1 is 1.19 bits per heavy atom. The lowest BCUT2D eigenvalue weighted by atomic mass is 9.87. The number of amides is 2.